The Morgan fingerprint density at radius 3 is 2.57 bits per heavy atom. The summed E-state index contributed by atoms with van der Waals surface area (Å²) in [5, 5.41) is 9.29. The lowest BCUT2D eigenvalue weighted by atomic mass is 10.1. The molecule has 0 spiro atoms. The highest BCUT2D eigenvalue weighted by molar-refractivity contribution is 5.92. The number of piperazine rings is 1. The van der Waals surface area contributed by atoms with Crippen LogP contribution < -0.4 is 4.90 Å². The van der Waals surface area contributed by atoms with E-state index in [1.807, 2.05) is 4.90 Å². The summed E-state index contributed by atoms with van der Waals surface area (Å²) in [6.07, 6.45) is 6.90. The van der Waals surface area contributed by atoms with Gasteiger partial charge in [-0.3, -0.25) is 4.79 Å². The third-order valence-corrected chi connectivity index (χ3v) is 4.26. The fourth-order valence-electron chi connectivity index (χ4n) is 2.80. The van der Waals surface area contributed by atoms with Gasteiger partial charge in [-0.15, -0.1) is 0 Å². The normalized spacial score (nSPS) is 14.8. The molecule has 0 bridgehead atoms. The lowest BCUT2D eigenvalue weighted by molar-refractivity contribution is -0.127. The average Bonchev–Trinajstić information content (AvgIpc) is 2.59. The molecule has 2 rings (SSSR count). The van der Waals surface area contributed by atoms with E-state index in [0.29, 0.717) is 13.1 Å². The number of aromatic nitrogens is 1. The van der Waals surface area contributed by atoms with Crippen LogP contribution in [0.3, 0.4) is 0 Å². The fraction of sp³-hybridized carbons (Fsp3) is 0.556. The van der Waals surface area contributed by atoms with E-state index in [0.717, 1.165) is 37.3 Å². The number of pyridine rings is 1. The smallest absolute Gasteiger partial charge is 0.249 e. The molecule has 0 radical (unpaired) electrons. The summed E-state index contributed by atoms with van der Waals surface area (Å²) in [5.74, 6) is 1.11. The summed E-state index contributed by atoms with van der Waals surface area (Å²) in [7, 11) is 0. The maximum Gasteiger partial charge on any atom is 0.249 e. The molecule has 1 N–H and O–H groups in total. The lowest BCUT2D eigenvalue weighted by Gasteiger charge is -2.35. The summed E-state index contributed by atoms with van der Waals surface area (Å²) >= 11 is 0. The molecule has 0 aliphatic carbocycles. The van der Waals surface area contributed by atoms with Crippen molar-refractivity contribution in [3.8, 4) is 5.75 Å². The van der Waals surface area contributed by atoms with Crippen LogP contribution >= 0.6 is 0 Å². The standard InChI is InChI=1S/C18H27N3O2/c1-3-4-5-6-7-15(2)18(23)21-12-10-20(11-13-21)17-9-8-16(22)14-19-17/h8-9,14,22H,2-7,10-13H2,1H3. The zero-order valence-corrected chi connectivity index (χ0v) is 14.0. The van der Waals surface area contributed by atoms with E-state index in [1.54, 1.807) is 12.1 Å². The second-order valence-corrected chi connectivity index (χ2v) is 6.07. The zero-order valence-electron chi connectivity index (χ0n) is 14.0. The van der Waals surface area contributed by atoms with Crippen molar-refractivity contribution in [1.29, 1.82) is 0 Å². The molecular weight excluding hydrogens is 290 g/mol. The highest BCUT2D eigenvalue weighted by Gasteiger charge is 2.23. The Labute approximate surface area is 138 Å². The van der Waals surface area contributed by atoms with Crippen LogP contribution in [0.1, 0.15) is 39.0 Å². The number of unbranched alkanes of at least 4 members (excludes halogenated alkanes) is 3. The second kappa shape index (κ2) is 8.56. The van der Waals surface area contributed by atoms with E-state index in [-0.39, 0.29) is 11.7 Å². The first-order valence-electron chi connectivity index (χ1n) is 8.49. The van der Waals surface area contributed by atoms with Gasteiger partial charge < -0.3 is 14.9 Å². The van der Waals surface area contributed by atoms with Crippen molar-refractivity contribution in [2.24, 2.45) is 0 Å². The lowest BCUT2D eigenvalue weighted by Crippen LogP contribution is -2.49. The highest BCUT2D eigenvalue weighted by Crippen LogP contribution is 2.18. The number of carbonyl (C=O) groups is 1. The molecule has 0 unspecified atom stereocenters. The molecule has 1 aliphatic heterocycles. The van der Waals surface area contributed by atoms with Gasteiger partial charge in [0.1, 0.15) is 11.6 Å². The Morgan fingerprint density at radius 1 is 1.22 bits per heavy atom. The van der Waals surface area contributed by atoms with Gasteiger partial charge in [0.25, 0.3) is 0 Å². The topological polar surface area (TPSA) is 56.7 Å². The Morgan fingerprint density at radius 2 is 1.96 bits per heavy atom. The van der Waals surface area contributed by atoms with Crippen LogP contribution in [0.5, 0.6) is 5.75 Å². The third kappa shape index (κ3) is 4.98. The predicted octanol–water partition coefficient (Wildman–Crippen LogP) is 2.96. The first kappa shape index (κ1) is 17.3. The van der Waals surface area contributed by atoms with Gasteiger partial charge in [-0.05, 0) is 25.0 Å². The van der Waals surface area contributed by atoms with Crippen molar-refractivity contribution in [2.45, 2.75) is 39.0 Å². The van der Waals surface area contributed by atoms with E-state index in [9.17, 15) is 9.90 Å². The molecule has 1 aromatic heterocycles. The zero-order chi connectivity index (χ0) is 16.7. The van der Waals surface area contributed by atoms with Gasteiger partial charge in [-0.2, -0.15) is 0 Å². The molecule has 0 aromatic carbocycles. The van der Waals surface area contributed by atoms with Gasteiger partial charge in [-0.1, -0.05) is 32.8 Å². The number of hydrogen-bond donors (Lipinski definition) is 1. The summed E-state index contributed by atoms with van der Waals surface area (Å²) in [4.78, 5) is 20.6. The minimum absolute atomic E-state index is 0.0970. The van der Waals surface area contributed by atoms with E-state index >= 15 is 0 Å². The van der Waals surface area contributed by atoms with Crippen LogP contribution in [-0.2, 0) is 4.79 Å². The van der Waals surface area contributed by atoms with Gasteiger partial charge in [0, 0.05) is 31.8 Å². The van der Waals surface area contributed by atoms with Crippen LogP contribution in [0, 0.1) is 0 Å². The summed E-state index contributed by atoms with van der Waals surface area (Å²) < 4.78 is 0. The highest BCUT2D eigenvalue weighted by atomic mass is 16.3. The van der Waals surface area contributed by atoms with E-state index in [4.69, 9.17) is 0 Å². The van der Waals surface area contributed by atoms with E-state index < -0.39 is 0 Å². The number of amides is 1. The number of carbonyl (C=O) groups excluding carboxylic acids is 1. The molecular formula is C18H27N3O2. The van der Waals surface area contributed by atoms with Crippen molar-refractivity contribution < 1.29 is 9.90 Å². The Kier molecular flexibility index (Phi) is 6.44. The molecule has 5 heteroatoms. The number of aromatic hydroxyl groups is 1. The molecule has 1 fully saturated rings. The quantitative estimate of drug-likeness (QED) is 0.620. The Bertz CT molecular complexity index is 520. The molecule has 126 valence electrons. The van der Waals surface area contributed by atoms with Crippen molar-refractivity contribution >= 4 is 11.7 Å². The van der Waals surface area contributed by atoms with Crippen molar-refractivity contribution in [3.63, 3.8) is 0 Å². The Balaban J connectivity index is 1.78. The van der Waals surface area contributed by atoms with Gasteiger partial charge in [0.05, 0.1) is 6.20 Å². The van der Waals surface area contributed by atoms with Crippen molar-refractivity contribution in [1.82, 2.24) is 9.88 Å². The minimum atomic E-state index is 0.0970. The van der Waals surface area contributed by atoms with Crippen molar-refractivity contribution in [3.05, 3.63) is 30.5 Å². The second-order valence-electron chi connectivity index (χ2n) is 6.07. The number of rotatable bonds is 7. The molecule has 1 saturated heterocycles. The van der Waals surface area contributed by atoms with Crippen LogP contribution in [-0.4, -0.2) is 47.1 Å². The molecule has 2 heterocycles. The SMILES string of the molecule is C=C(CCCCCC)C(=O)N1CCN(c2ccc(O)cn2)CC1. The molecule has 23 heavy (non-hydrogen) atoms. The maximum atomic E-state index is 12.4. The molecule has 1 aliphatic rings. The molecule has 0 atom stereocenters. The Hall–Kier alpha value is -2.04. The van der Waals surface area contributed by atoms with Crippen LogP contribution in [0.2, 0.25) is 0 Å². The maximum absolute atomic E-state index is 12.4. The number of hydrogen-bond acceptors (Lipinski definition) is 4. The predicted molar refractivity (Wildman–Crippen MR) is 92.6 cm³/mol. The van der Waals surface area contributed by atoms with E-state index in [2.05, 4.69) is 23.4 Å². The summed E-state index contributed by atoms with van der Waals surface area (Å²) in [6.45, 7) is 9.05. The molecule has 1 aromatic rings. The van der Waals surface area contributed by atoms with Gasteiger partial charge in [0.15, 0.2) is 0 Å². The van der Waals surface area contributed by atoms with Gasteiger partial charge in [-0.25, -0.2) is 4.98 Å². The van der Waals surface area contributed by atoms with Crippen LogP contribution in [0.15, 0.2) is 30.5 Å². The monoisotopic (exact) mass is 317 g/mol. The van der Waals surface area contributed by atoms with E-state index in [1.165, 1.54) is 25.5 Å². The van der Waals surface area contributed by atoms with Crippen LogP contribution in [0.4, 0.5) is 5.82 Å². The average molecular weight is 317 g/mol. The van der Waals surface area contributed by atoms with Crippen LogP contribution in [0.25, 0.3) is 0 Å². The summed E-state index contributed by atoms with van der Waals surface area (Å²) in [6, 6.07) is 3.44. The minimum Gasteiger partial charge on any atom is -0.506 e. The summed E-state index contributed by atoms with van der Waals surface area (Å²) in [5.41, 5.74) is 0.734. The van der Waals surface area contributed by atoms with Crippen molar-refractivity contribution in [2.75, 3.05) is 31.1 Å². The first-order chi connectivity index (χ1) is 11.1. The largest absolute Gasteiger partial charge is 0.506 e. The third-order valence-electron chi connectivity index (χ3n) is 4.26. The number of nitrogens with zero attached hydrogens (tertiary/aromatic N) is 3. The van der Waals surface area contributed by atoms with Gasteiger partial charge >= 0.3 is 0 Å². The fourth-order valence-corrected chi connectivity index (χ4v) is 2.80. The van der Waals surface area contributed by atoms with Gasteiger partial charge in [0.2, 0.25) is 5.91 Å². The molecule has 5 nitrogen and oxygen atoms in total. The molecule has 0 saturated carbocycles. The number of anilines is 1. The first-order valence-corrected chi connectivity index (χ1v) is 8.49. The molecule has 1 amide bonds.